The van der Waals surface area contributed by atoms with E-state index in [4.69, 9.17) is 0 Å². The number of hydrogen-bond acceptors (Lipinski definition) is 2. The van der Waals surface area contributed by atoms with E-state index in [9.17, 15) is 13.2 Å². The topological polar surface area (TPSA) is 24.1 Å². The summed E-state index contributed by atoms with van der Waals surface area (Å²) in [5.74, 6) is 0. The third kappa shape index (κ3) is 2.96. The van der Waals surface area contributed by atoms with E-state index < -0.39 is 11.7 Å². The van der Waals surface area contributed by atoms with Gasteiger partial charge in [-0.05, 0) is 50.6 Å². The van der Waals surface area contributed by atoms with Crippen LogP contribution in [0.3, 0.4) is 0 Å². The molecule has 1 aromatic carbocycles. The predicted octanol–water partition coefficient (Wildman–Crippen LogP) is 3.04. The Morgan fingerprint density at radius 3 is 2.83 bits per heavy atom. The van der Waals surface area contributed by atoms with Gasteiger partial charge in [-0.15, -0.1) is 0 Å². The van der Waals surface area contributed by atoms with Crippen LogP contribution in [0.15, 0.2) is 18.2 Å². The highest BCUT2D eigenvalue weighted by molar-refractivity contribution is 5.58. The molecule has 100 valence electrons. The Hall–Kier alpha value is -1.23. The third-order valence-electron chi connectivity index (χ3n) is 3.24. The van der Waals surface area contributed by atoms with E-state index in [0.717, 1.165) is 37.4 Å². The first kappa shape index (κ1) is 13.2. The van der Waals surface area contributed by atoms with Crippen LogP contribution in [-0.4, -0.2) is 19.6 Å². The highest BCUT2D eigenvalue weighted by Gasteiger charge is 2.32. The molecule has 2 nitrogen and oxygen atoms in total. The van der Waals surface area contributed by atoms with E-state index in [0.29, 0.717) is 5.69 Å². The Labute approximate surface area is 105 Å². The molecule has 18 heavy (non-hydrogen) atoms. The summed E-state index contributed by atoms with van der Waals surface area (Å²) in [4.78, 5) is 0. The zero-order valence-corrected chi connectivity index (χ0v) is 10.3. The first-order valence-electron chi connectivity index (χ1n) is 6.12. The molecule has 1 unspecified atom stereocenters. The summed E-state index contributed by atoms with van der Waals surface area (Å²) in [7, 11) is 1.90. The highest BCUT2D eigenvalue weighted by atomic mass is 19.4. The Morgan fingerprint density at radius 2 is 2.17 bits per heavy atom. The molecule has 0 saturated heterocycles. The zero-order chi connectivity index (χ0) is 13.2. The molecule has 1 aliphatic heterocycles. The van der Waals surface area contributed by atoms with Crippen LogP contribution in [0.25, 0.3) is 0 Å². The maximum absolute atomic E-state index is 12.6. The minimum Gasteiger partial charge on any atom is -0.382 e. The van der Waals surface area contributed by atoms with Crippen LogP contribution in [0.2, 0.25) is 0 Å². The number of rotatable bonds is 4. The molecule has 5 heteroatoms. The first-order chi connectivity index (χ1) is 8.50. The van der Waals surface area contributed by atoms with Crippen LogP contribution in [0, 0.1) is 0 Å². The number of fused-ring (bicyclic) bond motifs is 1. The quantitative estimate of drug-likeness (QED) is 0.811. The molecule has 0 aliphatic carbocycles. The SMILES string of the molecule is CNCCCC1Cc2ccc(C(F)(F)F)cc2N1. The molecule has 0 aromatic heterocycles. The van der Waals surface area contributed by atoms with Gasteiger partial charge in [-0.1, -0.05) is 6.07 Å². The van der Waals surface area contributed by atoms with E-state index in [1.165, 1.54) is 6.07 Å². The van der Waals surface area contributed by atoms with Gasteiger partial charge < -0.3 is 10.6 Å². The van der Waals surface area contributed by atoms with Gasteiger partial charge >= 0.3 is 6.18 Å². The molecule has 0 saturated carbocycles. The van der Waals surface area contributed by atoms with Crippen LogP contribution in [0.4, 0.5) is 18.9 Å². The maximum atomic E-state index is 12.6. The average molecular weight is 258 g/mol. The fourth-order valence-electron chi connectivity index (χ4n) is 2.30. The summed E-state index contributed by atoms with van der Waals surface area (Å²) in [6, 6.07) is 4.23. The maximum Gasteiger partial charge on any atom is 0.416 e. The van der Waals surface area contributed by atoms with Gasteiger partial charge in [0, 0.05) is 11.7 Å². The van der Waals surface area contributed by atoms with Crippen molar-refractivity contribution in [3.05, 3.63) is 29.3 Å². The molecule has 1 aliphatic rings. The van der Waals surface area contributed by atoms with E-state index in [1.54, 1.807) is 6.07 Å². The summed E-state index contributed by atoms with van der Waals surface area (Å²) < 4.78 is 37.7. The molecule has 0 fully saturated rings. The Morgan fingerprint density at radius 1 is 1.39 bits per heavy atom. The van der Waals surface area contributed by atoms with Gasteiger partial charge in [0.25, 0.3) is 0 Å². The van der Waals surface area contributed by atoms with E-state index in [-0.39, 0.29) is 6.04 Å². The van der Waals surface area contributed by atoms with Crippen LogP contribution in [-0.2, 0) is 12.6 Å². The Bertz CT molecular complexity index is 415. The second-order valence-corrected chi connectivity index (χ2v) is 4.66. The van der Waals surface area contributed by atoms with Gasteiger partial charge in [0.1, 0.15) is 0 Å². The average Bonchev–Trinajstić information content (AvgIpc) is 2.69. The van der Waals surface area contributed by atoms with Crippen LogP contribution >= 0.6 is 0 Å². The third-order valence-corrected chi connectivity index (χ3v) is 3.24. The lowest BCUT2D eigenvalue weighted by Gasteiger charge is -2.11. The van der Waals surface area contributed by atoms with Crippen molar-refractivity contribution in [2.24, 2.45) is 0 Å². The molecule has 0 amide bonds. The molecular formula is C13H17F3N2. The lowest BCUT2D eigenvalue weighted by Crippen LogP contribution is -2.18. The number of benzene rings is 1. The van der Waals surface area contributed by atoms with Crippen molar-refractivity contribution in [3.63, 3.8) is 0 Å². The normalized spacial score (nSPS) is 18.6. The van der Waals surface area contributed by atoms with E-state index >= 15 is 0 Å². The molecule has 0 spiro atoms. The number of alkyl halides is 3. The van der Waals surface area contributed by atoms with Gasteiger partial charge in [0.15, 0.2) is 0 Å². The van der Waals surface area contributed by atoms with Crippen molar-refractivity contribution in [1.82, 2.24) is 5.32 Å². The van der Waals surface area contributed by atoms with Gasteiger partial charge in [-0.3, -0.25) is 0 Å². The van der Waals surface area contributed by atoms with Crippen molar-refractivity contribution in [2.45, 2.75) is 31.5 Å². The van der Waals surface area contributed by atoms with Gasteiger partial charge in [-0.2, -0.15) is 13.2 Å². The predicted molar refractivity (Wildman–Crippen MR) is 65.7 cm³/mol. The standard InChI is InChI=1S/C13H17F3N2/c1-17-6-2-3-11-7-9-4-5-10(13(14,15)16)8-12(9)18-11/h4-5,8,11,17-18H,2-3,6-7H2,1H3. The molecule has 2 N–H and O–H groups in total. The number of anilines is 1. The van der Waals surface area contributed by atoms with E-state index in [1.807, 2.05) is 7.05 Å². The zero-order valence-electron chi connectivity index (χ0n) is 10.3. The molecular weight excluding hydrogens is 241 g/mol. The summed E-state index contributed by atoms with van der Waals surface area (Å²) in [6.07, 6.45) is -1.46. The van der Waals surface area contributed by atoms with Crippen molar-refractivity contribution < 1.29 is 13.2 Å². The molecule has 1 heterocycles. The number of nitrogens with one attached hydrogen (secondary N) is 2. The highest BCUT2D eigenvalue weighted by Crippen LogP contribution is 2.35. The van der Waals surface area contributed by atoms with Gasteiger partial charge in [0.05, 0.1) is 5.56 Å². The number of hydrogen-bond donors (Lipinski definition) is 2. The lowest BCUT2D eigenvalue weighted by atomic mass is 10.0. The lowest BCUT2D eigenvalue weighted by molar-refractivity contribution is -0.137. The molecule has 1 aromatic rings. The fraction of sp³-hybridized carbons (Fsp3) is 0.538. The second-order valence-electron chi connectivity index (χ2n) is 4.66. The first-order valence-corrected chi connectivity index (χ1v) is 6.12. The van der Waals surface area contributed by atoms with Crippen molar-refractivity contribution >= 4 is 5.69 Å². The smallest absolute Gasteiger partial charge is 0.382 e. The number of halogens is 3. The molecule has 0 radical (unpaired) electrons. The Balaban J connectivity index is 2.02. The van der Waals surface area contributed by atoms with Gasteiger partial charge in [0.2, 0.25) is 0 Å². The largest absolute Gasteiger partial charge is 0.416 e. The molecule has 1 atom stereocenters. The van der Waals surface area contributed by atoms with Crippen molar-refractivity contribution in [1.29, 1.82) is 0 Å². The summed E-state index contributed by atoms with van der Waals surface area (Å²) in [6.45, 7) is 0.933. The minimum absolute atomic E-state index is 0.261. The monoisotopic (exact) mass is 258 g/mol. The van der Waals surface area contributed by atoms with Crippen LogP contribution < -0.4 is 10.6 Å². The second kappa shape index (κ2) is 5.18. The van der Waals surface area contributed by atoms with Crippen molar-refractivity contribution in [3.8, 4) is 0 Å². The molecule has 0 bridgehead atoms. The van der Waals surface area contributed by atoms with Crippen molar-refractivity contribution in [2.75, 3.05) is 18.9 Å². The van der Waals surface area contributed by atoms with E-state index in [2.05, 4.69) is 10.6 Å². The van der Waals surface area contributed by atoms with Crippen LogP contribution in [0.1, 0.15) is 24.0 Å². The summed E-state index contributed by atoms with van der Waals surface area (Å²) >= 11 is 0. The summed E-state index contributed by atoms with van der Waals surface area (Å²) in [5, 5.41) is 6.24. The Kier molecular flexibility index (Phi) is 3.80. The van der Waals surface area contributed by atoms with Gasteiger partial charge in [-0.25, -0.2) is 0 Å². The fourth-order valence-corrected chi connectivity index (χ4v) is 2.30. The minimum atomic E-state index is -4.26. The summed E-state index contributed by atoms with van der Waals surface area (Å²) in [5.41, 5.74) is 1.04. The molecule has 2 rings (SSSR count). The van der Waals surface area contributed by atoms with Crippen LogP contribution in [0.5, 0.6) is 0 Å².